The van der Waals surface area contributed by atoms with Crippen LogP contribution in [0.5, 0.6) is 5.75 Å². The predicted molar refractivity (Wildman–Crippen MR) is 120 cm³/mol. The number of piperidine rings is 1. The summed E-state index contributed by atoms with van der Waals surface area (Å²) >= 11 is 3.66. The van der Waals surface area contributed by atoms with Gasteiger partial charge in [-0.1, -0.05) is 28.1 Å². The number of benzene rings is 2. The highest BCUT2D eigenvalue weighted by Crippen LogP contribution is 2.50. The van der Waals surface area contributed by atoms with Crippen LogP contribution in [0.15, 0.2) is 46.9 Å². The number of aromatic nitrogens is 1. The number of aromatic amines is 1. The van der Waals surface area contributed by atoms with Crippen LogP contribution in [0.2, 0.25) is 0 Å². The number of nitrogens with zero attached hydrogens (tertiary/aromatic N) is 1. The molecule has 1 saturated carbocycles. The Balaban J connectivity index is 1.45. The van der Waals surface area contributed by atoms with Crippen molar-refractivity contribution in [3.8, 4) is 5.75 Å². The third-order valence-corrected chi connectivity index (χ3v) is 8.16. The summed E-state index contributed by atoms with van der Waals surface area (Å²) in [6.07, 6.45) is 6.16. The maximum atomic E-state index is 10.2. The van der Waals surface area contributed by atoms with Crippen LogP contribution in [0.4, 0.5) is 0 Å². The Bertz CT molecular complexity index is 1090. The van der Waals surface area contributed by atoms with Gasteiger partial charge in [0.1, 0.15) is 5.75 Å². The number of hydrogen-bond acceptors (Lipinski definition) is 2. The van der Waals surface area contributed by atoms with Crippen molar-refractivity contribution >= 4 is 26.8 Å². The zero-order valence-corrected chi connectivity index (χ0v) is 18.2. The lowest BCUT2D eigenvalue weighted by Crippen LogP contribution is -2.54. The van der Waals surface area contributed by atoms with Gasteiger partial charge in [-0.05, 0) is 91.9 Å². The number of likely N-dealkylation sites (tertiary alicyclic amines) is 1. The topological polar surface area (TPSA) is 39.3 Å². The van der Waals surface area contributed by atoms with E-state index in [4.69, 9.17) is 0 Å². The Morgan fingerprint density at radius 3 is 2.90 bits per heavy atom. The lowest BCUT2D eigenvalue weighted by molar-refractivity contribution is 0.0783. The Labute approximate surface area is 180 Å². The van der Waals surface area contributed by atoms with Crippen molar-refractivity contribution in [1.29, 1.82) is 0 Å². The van der Waals surface area contributed by atoms with Crippen LogP contribution < -0.4 is 0 Å². The monoisotopic (exact) mass is 450 g/mol. The van der Waals surface area contributed by atoms with Gasteiger partial charge in [0.2, 0.25) is 0 Å². The number of nitrogens with one attached hydrogen (secondary N) is 1. The van der Waals surface area contributed by atoms with E-state index in [0.717, 1.165) is 23.2 Å². The molecule has 6 rings (SSSR count). The highest BCUT2D eigenvalue weighted by Gasteiger charge is 2.48. The molecule has 3 nitrogen and oxygen atoms in total. The fourth-order valence-electron chi connectivity index (χ4n) is 5.98. The van der Waals surface area contributed by atoms with Crippen molar-refractivity contribution in [2.24, 2.45) is 11.8 Å². The molecule has 2 atom stereocenters. The average molecular weight is 451 g/mol. The first-order chi connectivity index (χ1) is 14.1. The zero-order chi connectivity index (χ0) is 19.6. The van der Waals surface area contributed by atoms with Gasteiger partial charge >= 0.3 is 0 Å². The van der Waals surface area contributed by atoms with Crippen LogP contribution in [0.25, 0.3) is 10.9 Å². The lowest BCUT2D eigenvalue weighted by atomic mass is 9.58. The number of fused-ring (bicyclic) bond motifs is 4. The molecule has 2 fully saturated rings. The Morgan fingerprint density at radius 1 is 1.17 bits per heavy atom. The van der Waals surface area contributed by atoms with Gasteiger partial charge in [0.15, 0.2) is 0 Å². The number of halogens is 1. The second-order valence-electron chi connectivity index (χ2n) is 9.51. The number of hydrogen-bond donors (Lipinski definition) is 2. The fourth-order valence-corrected chi connectivity index (χ4v) is 6.34. The molecule has 29 heavy (non-hydrogen) atoms. The molecule has 4 heteroatoms. The number of phenols is 1. The summed E-state index contributed by atoms with van der Waals surface area (Å²) in [7, 11) is 0. The smallest absolute Gasteiger partial charge is 0.115 e. The SMILES string of the molecule is Oc1cccc([C@]23CCN(CC4CC4)CC2Cc2c([nH]c4ccc(Br)cc24)C3)c1. The van der Waals surface area contributed by atoms with Crippen molar-refractivity contribution in [2.45, 2.75) is 37.5 Å². The highest BCUT2D eigenvalue weighted by atomic mass is 79.9. The molecule has 1 aromatic heterocycles. The zero-order valence-electron chi connectivity index (χ0n) is 16.6. The van der Waals surface area contributed by atoms with Crippen molar-refractivity contribution in [3.63, 3.8) is 0 Å². The normalized spacial score (nSPS) is 27.0. The van der Waals surface area contributed by atoms with E-state index in [9.17, 15) is 5.11 Å². The van der Waals surface area contributed by atoms with Gasteiger partial charge < -0.3 is 15.0 Å². The molecule has 2 heterocycles. The molecule has 0 spiro atoms. The van der Waals surface area contributed by atoms with Crippen LogP contribution in [0, 0.1) is 11.8 Å². The molecule has 0 radical (unpaired) electrons. The van der Waals surface area contributed by atoms with Gasteiger partial charge in [-0.3, -0.25) is 0 Å². The van der Waals surface area contributed by atoms with Gasteiger partial charge in [0.05, 0.1) is 0 Å². The lowest BCUT2D eigenvalue weighted by Gasteiger charge is -2.51. The van der Waals surface area contributed by atoms with E-state index in [2.05, 4.69) is 50.1 Å². The summed E-state index contributed by atoms with van der Waals surface area (Å²) in [4.78, 5) is 6.46. The molecular formula is C25H27BrN2O. The van der Waals surface area contributed by atoms with Gasteiger partial charge in [0, 0.05) is 39.6 Å². The number of phenolic OH excluding ortho intramolecular Hbond substituents is 1. The second kappa shape index (κ2) is 6.61. The Morgan fingerprint density at radius 2 is 2.07 bits per heavy atom. The summed E-state index contributed by atoms with van der Waals surface area (Å²) in [5.74, 6) is 1.91. The molecule has 3 aromatic rings. The quantitative estimate of drug-likeness (QED) is 0.560. The second-order valence-corrected chi connectivity index (χ2v) is 10.4. The Kier molecular flexibility index (Phi) is 4.11. The summed E-state index contributed by atoms with van der Waals surface area (Å²) < 4.78 is 1.15. The molecule has 150 valence electrons. The van der Waals surface area contributed by atoms with Gasteiger partial charge in [-0.25, -0.2) is 0 Å². The van der Waals surface area contributed by atoms with E-state index in [0.29, 0.717) is 11.7 Å². The van der Waals surface area contributed by atoms with Crippen molar-refractivity contribution in [3.05, 3.63) is 63.8 Å². The summed E-state index contributed by atoms with van der Waals surface area (Å²) in [5, 5.41) is 11.6. The van der Waals surface area contributed by atoms with Crippen molar-refractivity contribution < 1.29 is 5.11 Å². The molecule has 0 amide bonds. The highest BCUT2D eigenvalue weighted by molar-refractivity contribution is 9.10. The minimum Gasteiger partial charge on any atom is -0.508 e. The van der Waals surface area contributed by atoms with Crippen LogP contribution in [0.1, 0.15) is 36.1 Å². The average Bonchev–Trinajstić information content (AvgIpc) is 3.46. The van der Waals surface area contributed by atoms with Gasteiger partial charge in [0.25, 0.3) is 0 Å². The van der Waals surface area contributed by atoms with Crippen molar-refractivity contribution in [1.82, 2.24) is 9.88 Å². The van der Waals surface area contributed by atoms with Gasteiger partial charge in [-0.2, -0.15) is 0 Å². The van der Waals surface area contributed by atoms with Crippen LogP contribution in [-0.2, 0) is 18.3 Å². The first-order valence-corrected chi connectivity index (χ1v) is 11.7. The molecule has 3 aliphatic rings. The van der Waals surface area contributed by atoms with Gasteiger partial charge in [-0.15, -0.1) is 0 Å². The molecule has 2 N–H and O–H groups in total. The minimum atomic E-state index is 0.115. The standard InChI is InChI=1S/C25H27BrN2O/c26-19-6-7-23-22(12-19)21-11-18-15-28(14-16-4-5-16)9-8-25(18,13-24(21)27-23)17-2-1-3-20(29)10-17/h1-3,6-7,10,12,16,18,27,29H,4-5,8-9,11,13-15H2/t18?,25-/m1/s1. The maximum absolute atomic E-state index is 10.2. The van der Waals surface area contributed by atoms with Crippen LogP contribution in [-0.4, -0.2) is 34.6 Å². The maximum Gasteiger partial charge on any atom is 0.115 e. The van der Waals surface area contributed by atoms with E-state index >= 15 is 0 Å². The third kappa shape index (κ3) is 3.03. The number of H-pyrrole nitrogens is 1. The van der Waals surface area contributed by atoms with E-state index in [-0.39, 0.29) is 5.41 Å². The largest absolute Gasteiger partial charge is 0.508 e. The summed E-state index contributed by atoms with van der Waals surface area (Å²) in [5.41, 5.74) is 5.59. The number of aromatic hydroxyl groups is 1. The van der Waals surface area contributed by atoms with E-state index in [1.54, 1.807) is 6.07 Å². The molecule has 1 aliphatic heterocycles. The molecular weight excluding hydrogens is 424 g/mol. The minimum absolute atomic E-state index is 0.115. The summed E-state index contributed by atoms with van der Waals surface area (Å²) in [6.45, 7) is 3.62. The molecule has 1 saturated heterocycles. The fraction of sp³-hybridized carbons (Fsp3) is 0.440. The Hall–Kier alpha value is -1.78. The molecule has 2 aromatic carbocycles. The summed E-state index contributed by atoms with van der Waals surface area (Å²) in [6, 6.07) is 14.7. The van der Waals surface area contributed by atoms with E-state index < -0.39 is 0 Å². The molecule has 0 bridgehead atoms. The predicted octanol–water partition coefficient (Wildman–Crippen LogP) is 5.40. The number of rotatable bonds is 3. The van der Waals surface area contributed by atoms with E-state index in [1.165, 1.54) is 66.6 Å². The first kappa shape index (κ1) is 18.0. The molecule has 1 unspecified atom stereocenters. The molecule has 2 aliphatic carbocycles. The van der Waals surface area contributed by atoms with E-state index in [1.807, 2.05) is 12.1 Å². The van der Waals surface area contributed by atoms with Crippen molar-refractivity contribution in [2.75, 3.05) is 19.6 Å². The van der Waals surface area contributed by atoms with Crippen LogP contribution >= 0.6 is 15.9 Å². The first-order valence-electron chi connectivity index (χ1n) is 10.9. The van der Waals surface area contributed by atoms with Crippen LogP contribution in [0.3, 0.4) is 0 Å². The third-order valence-electron chi connectivity index (χ3n) is 7.67.